The van der Waals surface area contributed by atoms with Crippen LogP contribution in [0.25, 0.3) is 0 Å². The molecule has 1 aliphatic carbocycles. The van der Waals surface area contributed by atoms with Crippen molar-refractivity contribution < 1.29 is 0 Å². The molecule has 0 N–H and O–H groups in total. The molecule has 1 aliphatic rings. The molecule has 0 unspecified atom stereocenters. The van der Waals surface area contributed by atoms with Gasteiger partial charge in [0.05, 0.1) is 0 Å². The molecular weight excluding hydrogens is 212 g/mol. The van der Waals surface area contributed by atoms with E-state index >= 15 is 0 Å². The molecule has 1 saturated carbocycles. The molecule has 0 aliphatic heterocycles. The van der Waals surface area contributed by atoms with Crippen molar-refractivity contribution in [3.05, 3.63) is 0 Å². The van der Waals surface area contributed by atoms with Crippen LogP contribution in [0.4, 0.5) is 0 Å². The predicted molar refractivity (Wildman–Crippen MR) is 76.0 cm³/mol. The summed E-state index contributed by atoms with van der Waals surface area (Å²) >= 11 is 5.51. The fourth-order valence-electron chi connectivity index (χ4n) is 2.66. The molecule has 0 atom stereocenters. The molecule has 1 radical (unpaired) electrons. The van der Waals surface area contributed by atoms with Gasteiger partial charge >= 0.3 is 0 Å². The molecule has 0 amide bonds. The highest BCUT2D eigenvalue weighted by atomic mass is 32.1. The van der Waals surface area contributed by atoms with E-state index in [0.29, 0.717) is 5.25 Å². The summed E-state index contributed by atoms with van der Waals surface area (Å²) in [5, 5.41) is 0.574. The van der Waals surface area contributed by atoms with Gasteiger partial charge in [-0.3, -0.25) is 0 Å². The highest BCUT2D eigenvalue weighted by Crippen LogP contribution is 2.19. The summed E-state index contributed by atoms with van der Waals surface area (Å²) in [5.74, 6) is 0. The minimum Gasteiger partial charge on any atom is -0.0904 e. The van der Waals surface area contributed by atoms with Crippen LogP contribution in [-0.4, -0.2) is 5.25 Å². The van der Waals surface area contributed by atoms with Crippen LogP contribution in [0.1, 0.15) is 89.9 Å². The van der Waals surface area contributed by atoms with E-state index < -0.39 is 0 Å². The largest absolute Gasteiger partial charge is 0.0904 e. The Balaban J connectivity index is 2.10. The Bertz CT molecular complexity index is 128. The smallest absolute Gasteiger partial charge is 0.0151 e. The topological polar surface area (TPSA) is 0 Å². The first-order valence-corrected chi connectivity index (χ1v) is 8.02. The lowest BCUT2D eigenvalue weighted by atomic mass is 10.0. The highest BCUT2D eigenvalue weighted by Gasteiger charge is 2.04. The summed E-state index contributed by atoms with van der Waals surface area (Å²) in [6, 6.07) is 0. The second kappa shape index (κ2) is 10.5. The lowest BCUT2D eigenvalue weighted by Crippen LogP contribution is -1.98. The van der Waals surface area contributed by atoms with E-state index in [2.05, 4.69) is 0 Å². The van der Waals surface area contributed by atoms with Crippen molar-refractivity contribution in [3.8, 4) is 0 Å². The molecule has 1 rings (SSSR count). The molecule has 0 bridgehead atoms. The van der Waals surface area contributed by atoms with Crippen LogP contribution in [-0.2, 0) is 0 Å². The van der Waals surface area contributed by atoms with Crippen molar-refractivity contribution in [2.24, 2.45) is 0 Å². The Morgan fingerprint density at radius 2 is 0.688 bits per heavy atom. The van der Waals surface area contributed by atoms with Crippen LogP contribution in [0.2, 0.25) is 0 Å². The zero-order valence-electron chi connectivity index (χ0n) is 10.9. The van der Waals surface area contributed by atoms with Gasteiger partial charge in [-0.05, 0) is 12.8 Å². The van der Waals surface area contributed by atoms with E-state index in [1.54, 1.807) is 0 Å². The molecule has 0 aromatic rings. The summed E-state index contributed by atoms with van der Waals surface area (Å²) in [5.41, 5.74) is 0. The van der Waals surface area contributed by atoms with Crippen LogP contribution in [0, 0.1) is 0 Å². The Labute approximate surface area is 108 Å². The zero-order chi connectivity index (χ0) is 11.5. The van der Waals surface area contributed by atoms with Gasteiger partial charge in [0.1, 0.15) is 0 Å². The Morgan fingerprint density at radius 3 is 1.00 bits per heavy atom. The molecule has 0 heterocycles. The lowest BCUT2D eigenvalue weighted by molar-refractivity contribution is 0.548. The summed E-state index contributed by atoms with van der Waals surface area (Å²) in [6.07, 6.45) is 19.9. The monoisotopic (exact) mass is 241 g/mol. The maximum absolute atomic E-state index is 5.51. The van der Waals surface area contributed by atoms with Crippen molar-refractivity contribution in [3.63, 3.8) is 0 Å². The standard InChI is InChI=1S/C15H29S/c16-15-13-11-9-7-5-3-1-2-4-6-8-10-12-14-15/h15H,1-14H2. The molecule has 16 heavy (non-hydrogen) atoms. The summed E-state index contributed by atoms with van der Waals surface area (Å²) in [6.45, 7) is 0. The van der Waals surface area contributed by atoms with Crippen LogP contribution in [0.5, 0.6) is 0 Å². The molecule has 0 spiro atoms. The molecule has 95 valence electrons. The quantitative estimate of drug-likeness (QED) is 0.486. The Kier molecular flexibility index (Phi) is 9.46. The first-order valence-electron chi connectivity index (χ1n) is 7.55. The van der Waals surface area contributed by atoms with Crippen LogP contribution >= 0.6 is 12.6 Å². The summed E-state index contributed by atoms with van der Waals surface area (Å²) in [4.78, 5) is 0. The van der Waals surface area contributed by atoms with Gasteiger partial charge < -0.3 is 0 Å². The van der Waals surface area contributed by atoms with E-state index in [9.17, 15) is 0 Å². The lowest BCUT2D eigenvalue weighted by Gasteiger charge is -2.08. The van der Waals surface area contributed by atoms with Crippen molar-refractivity contribution in [2.75, 3.05) is 0 Å². The van der Waals surface area contributed by atoms with Crippen LogP contribution in [0.3, 0.4) is 0 Å². The SMILES string of the molecule is [S]C1CCCCCCCCCCCCCC1. The molecule has 0 aromatic heterocycles. The van der Waals surface area contributed by atoms with Crippen molar-refractivity contribution in [1.82, 2.24) is 0 Å². The molecule has 0 saturated heterocycles. The maximum atomic E-state index is 5.51. The third-order valence-corrected chi connectivity index (χ3v) is 4.27. The number of hydrogen-bond donors (Lipinski definition) is 0. The van der Waals surface area contributed by atoms with E-state index in [1.807, 2.05) is 0 Å². The molecule has 0 aromatic carbocycles. The summed E-state index contributed by atoms with van der Waals surface area (Å²) < 4.78 is 0. The van der Waals surface area contributed by atoms with Crippen molar-refractivity contribution in [1.29, 1.82) is 0 Å². The third kappa shape index (κ3) is 8.50. The zero-order valence-corrected chi connectivity index (χ0v) is 11.7. The fourth-order valence-corrected chi connectivity index (χ4v) is 2.99. The minimum absolute atomic E-state index is 0.574. The van der Waals surface area contributed by atoms with Gasteiger partial charge in [0.15, 0.2) is 0 Å². The normalized spacial score (nSPS) is 24.6. The second-order valence-electron chi connectivity index (χ2n) is 5.44. The predicted octanol–water partition coefficient (Wildman–Crippen LogP) is 6.03. The van der Waals surface area contributed by atoms with Crippen LogP contribution in [0.15, 0.2) is 0 Å². The van der Waals surface area contributed by atoms with E-state index in [0.717, 1.165) is 0 Å². The van der Waals surface area contributed by atoms with E-state index in [-0.39, 0.29) is 0 Å². The number of hydrogen-bond acceptors (Lipinski definition) is 0. The molecule has 1 heteroatoms. The Hall–Kier alpha value is 0.350. The molecule has 0 nitrogen and oxygen atoms in total. The van der Waals surface area contributed by atoms with E-state index in [1.165, 1.54) is 89.9 Å². The maximum Gasteiger partial charge on any atom is 0.0151 e. The first kappa shape index (κ1) is 14.4. The van der Waals surface area contributed by atoms with Crippen LogP contribution < -0.4 is 0 Å². The first-order chi connectivity index (χ1) is 7.89. The van der Waals surface area contributed by atoms with Gasteiger partial charge in [-0.15, -0.1) is 0 Å². The fraction of sp³-hybridized carbons (Fsp3) is 1.00. The van der Waals surface area contributed by atoms with Gasteiger partial charge in [0.2, 0.25) is 0 Å². The third-order valence-electron chi connectivity index (χ3n) is 3.80. The average molecular weight is 241 g/mol. The van der Waals surface area contributed by atoms with Crippen molar-refractivity contribution >= 4 is 12.6 Å². The molecular formula is C15H29S. The highest BCUT2D eigenvalue weighted by molar-refractivity contribution is 7.80. The Morgan fingerprint density at radius 1 is 0.438 bits per heavy atom. The average Bonchev–Trinajstić information content (AvgIpc) is 2.29. The van der Waals surface area contributed by atoms with Gasteiger partial charge in [-0.1, -0.05) is 89.7 Å². The summed E-state index contributed by atoms with van der Waals surface area (Å²) in [7, 11) is 0. The van der Waals surface area contributed by atoms with Gasteiger partial charge in [-0.2, -0.15) is 0 Å². The van der Waals surface area contributed by atoms with Crippen molar-refractivity contribution in [2.45, 2.75) is 95.1 Å². The van der Waals surface area contributed by atoms with E-state index in [4.69, 9.17) is 12.6 Å². The second-order valence-corrected chi connectivity index (χ2v) is 6.11. The van der Waals surface area contributed by atoms with Gasteiger partial charge in [-0.25, -0.2) is 0 Å². The minimum atomic E-state index is 0.574. The van der Waals surface area contributed by atoms with Gasteiger partial charge in [0.25, 0.3) is 0 Å². The number of rotatable bonds is 0. The molecule has 1 fully saturated rings. The van der Waals surface area contributed by atoms with Gasteiger partial charge in [0, 0.05) is 5.25 Å².